The van der Waals surface area contributed by atoms with Crippen LogP contribution >= 0.6 is 0 Å². The Morgan fingerprint density at radius 1 is 1.00 bits per heavy atom. The first-order valence-electron chi connectivity index (χ1n) is 9.87. The van der Waals surface area contributed by atoms with Gasteiger partial charge in [0.2, 0.25) is 5.88 Å². The summed E-state index contributed by atoms with van der Waals surface area (Å²) in [4.78, 5) is 35.7. The van der Waals surface area contributed by atoms with Crippen LogP contribution in [0.15, 0.2) is 60.7 Å². The summed E-state index contributed by atoms with van der Waals surface area (Å²) in [6, 6.07) is 16.9. The van der Waals surface area contributed by atoms with Gasteiger partial charge in [-0.05, 0) is 31.2 Å². The Morgan fingerprint density at radius 2 is 1.68 bits per heavy atom. The number of hydrogen-bond acceptors (Lipinski definition) is 7. The molecule has 9 heteroatoms. The van der Waals surface area contributed by atoms with Crippen LogP contribution in [0.3, 0.4) is 0 Å². The summed E-state index contributed by atoms with van der Waals surface area (Å²) in [6.07, 6.45) is 0. The number of non-ortho nitro benzene ring substituents is 1. The first-order valence-corrected chi connectivity index (χ1v) is 9.87. The second kappa shape index (κ2) is 8.78. The summed E-state index contributed by atoms with van der Waals surface area (Å²) < 4.78 is 5.84. The van der Waals surface area contributed by atoms with Crippen molar-refractivity contribution in [1.29, 1.82) is 0 Å². The zero-order valence-corrected chi connectivity index (χ0v) is 17.0. The number of aromatic nitrogens is 2. The van der Waals surface area contributed by atoms with E-state index in [1.807, 2.05) is 37.3 Å². The zero-order valence-electron chi connectivity index (χ0n) is 17.0. The van der Waals surface area contributed by atoms with Crippen LogP contribution in [0.4, 0.5) is 11.5 Å². The summed E-state index contributed by atoms with van der Waals surface area (Å²) in [5.41, 5.74) is 0.407. The SMILES string of the molecule is Cc1nc(Oc2ccccc2)cc(N2CCN(C(=O)c3ccc([N+](=O)[O-])cc3)CC2)n1. The lowest BCUT2D eigenvalue weighted by Gasteiger charge is -2.35. The number of rotatable bonds is 5. The molecule has 0 aliphatic carbocycles. The molecule has 0 atom stereocenters. The van der Waals surface area contributed by atoms with Crippen molar-refractivity contribution in [3.8, 4) is 11.6 Å². The van der Waals surface area contributed by atoms with E-state index in [0.29, 0.717) is 49.2 Å². The van der Waals surface area contributed by atoms with E-state index >= 15 is 0 Å². The third kappa shape index (κ3) is 4.77. The molecule has 4 rings (SSSR count). The molecule has 0 spiro atoms. The van der Waals surface area contributed by atoms with Crippen LogP contribution in [-0.2, 0) is 0 Å². The van der Waals surface area contributed by atoms with E-state index in [0.717, 1.165) is 5.82 Å². The Kier molecular flexibility index (Phi) is 5.74. The van der Waals surface area contributed by atoms with Crippen molar-refractivity contribution in [2.24, 2.45) is 0 Å². The minimum atomic E-state index is -0.480. The Bertz CT molecular complexity index is 1080. The molecule has 1 saturated heterocycles. The molecule has 0 bridgehead atoms. The highest BCUT2D eigenvalue weighted by Crippen LogP contribution is 2.24. The Morgan fingerprint density at radius 3 is 2.32 bits per heavy atom. The van der Waals surface area contributed by atoms with Gasteiger partial charge in [0.1, 0.15) is 17.4 Å². The molecule has 1 fully saturated rings. The minimum Gasteiger partial charge on any atom is -0.439 e. The van der Waals surface area contributed by atoms with E-state index < -0.39 is 4.92 Å². The summed E-state index contributed by atoms with van der Waals surface area (Å²) in [6.45, 7) is 4.08. The van der Waals surface area contributed by atoms with Crippen LogP contribution < -0.4 is 9.64 Å². The number of para-hydroxylation sites is 1. The van der Waals surface area contributed by atoms with Crippen LogP contribution in [0.25, 0.3) is 0 Å². The number of amides is 1. The lowest BCUT2D eigenvalue weighted by molar-refractivity contribution is -0.384. The van der Waals surface area contributed by atoms with Crippen LogP contribution in [0.1, 0.15) is 16.2 Å². The molecule has 1 amide bonds. The van der Waals surface area contributed by atoms with Crippen LogP contribution in [-0.4, -0.2) is 51.9 Å². The van der Waals surface area contributed by atoms with Gasteiger partial charge in [-0.15, -0.1) is 0 Å². The predicted octanol–water partition coefficient (Wildman–Crippen LogP) is 3.45. The predicted molar refractivity (Wildman–Crippen MR) is 114 cm³/mol. The fraction of sp³-hybridized carbons (Fsp3) is 0.227. The van der Waals surface area contributed by atoms with E-state index in [4.69, 9.17) is 4.74 Å². The Balaban J connectivity index is 1.41. The van der Waals surface area contributed by atoms with E-state index in [1.54, 1.807) is 11.0 Å². The maximum absolute atomic E-state index is 12.7. The Hall–Kier alpha value is -4.01. The molecule has 158 valence electrons. The quantitative estimate of drug-likeness (QED) is 0.461. The molecule has 2 aromatic carbocycles. The number of benzene rings is 2. The van der Waals surface area contributed by atoms with Gasteiger partial charge in [-0.2, -0.15) is 4.98 Å². The van der Waals surface area contributed by atoms with Gasteiger partial charge in [-0.1, -0.05) is 18.2 Å². The highest BCUT2D eigenvalue weighted by molar-refractivity contribution is 5.94. The number of piperazine rings is 1. The first-order chi connectivity index (χ1) is 15.0. The number of anilines is 1. The average Bonchev–Trinajstić information content (AvgIpc) is 2.79. The Labute approximate surface area is 179 Å². The minimum absolute atomic E-state index is 0.0333. The van der Waals surface area contributed by atoms with Crippen molar-refractivity contribution in [3.05, 3.63) is 82.2 Å². The van der Waals surface area contributed by atoms with Crippen molar-refractivity contribution in [2.45, 2.75) is 6.92 Å². The van der Waals surface area contributed by atoms with Gasteiger partial charge in [0, 0.05) is 49.9 Å². The lowest BCUT2D eigenvalue weighted by Crippen LogP contribution is -2.49. The topological polar surface area (TPSA) is 102 Å². The molecule has 0 saturated carbocycles. The molecule has 0 N–H and O–H groups in total. The average molecular weight is 419 g/mol. The van der Waals surface area contributed by atoms with Crippen molar-refractivity contribution < 1.29 is 14.5 Å². The van der Waals surface area contributed by atoms with Crippen LogP contribution in [0, 0.1) is 17.0 Å². The number of carbonyl (C=O) groups is 1. The van der Waals surface area contributed by atoms with Gasteiger partial charge >= 0.3 is 0 Å². The molecule has 3 aromatic rings. The van der Waals surface area contributed by atoms with Gasteiger partial charge in [0.15, 0.2) is 0 Å². The normalized spacial score (nSPS) is 13.7. The third-order valence-corrected chi connectivity index (χ3v) is 4.98. The van der Waals surface area contributed by atoms with E-state index in [-0.39, 0.29) is 11.6 Å². The number of ether oxygens (including phenoxy) is 1. The second-order valence-electron chi connectivity index (χ2n) is 7.11. The number of nitrogens with zero attached hydrogens (tertiary/aromatic N) is 5. The molecule has 31 heavy (non-hydrogen) atoms. The molecule has 1 aliphatic rings. The number of aryl methyl sites for hydroxylation is 1. The van der Waals surface area contributed by atoms with Gasteiger partial charge in [-0.3, -0.25) is 14.9 Å². The van der Waals surface area contributed by atoms with Crippen molar-refractivity contribution in [1.82, 2.24) is 14.9 Å². The first kappa shape index (κ1) is 20.3. The second-order valence-corrected chi connectivity index (χ2v) is 7.11. The summed E-state index contributed by atoms with van der Waals surface area (Å²) in [5.74, 6) is 2.39. The van der Waals surface area contributed by atoms with Crippen LogP contribution in [0.2, 0.25) is 0 Å². The van der Waals surface area contributed by atoms with Gasteiger partial charge in [0.25, 0.3) is 11.6 Å². The molecule has 1 aliphatic heterocycles. The monoisotopic (exact) mass is 419 g/mol. The smallest absolute Gasteiger partial charge is 0.269 e. The maximum atomic E-state index is 12.7. The van der Waals surface area contributed by atoms with E-state index in [1.165, 1.54) is 24.3 Å². The van der Waals surface area contributed by atoms with Crippen LogP contribution in [0.5, 0.6) is 11.6 Å². The maximum Gasteiger partial charge on any atom is 0.269 e. The summed E-state index contributed by atoms with van der Waals surface area (Å²) >= 11 is 0. The largest absolute Gasteiger partial charge is 0.439 e. The number of nitro benzene ring substituents is 1. The highest BCUT2D eigenvalue weighted by Gasteiger charge is 2.24. The van der Waals surface area contributed by atoms with Crippen molar-refractivity contribution in [3.63, 3.8) is 0 Å². The van der Waals surface area contributed by atoms with Crippen molar-refractivity contribution in [2.75, 3.05) is 31.1 Å². The third-order valence-electron chi connectivity index (χ3n) is 4.98. The van der Waals surface area contributed by atoms with Crippen molar-refractivity contribution >= 4 is 17.4 Å². The summed E-state index contributed by atoms with van der Waals surface area (Å²) in [5, 5.41) is 10.8. The number of nitro groups is 1. The molecule has 0 radical (unpaired) electrons. The molecule has 2 heterocycles. The van der Waals surface area contributed by atoms with Gasteiger partial charge < -0.3 is 14.5 Å². The lowest BCUT2D eigenvalue weighted by atomic mass is 10.1. The standard InChI is InChI=1S/C22H21N5O4/c1-16-23-20(15-21(24-16)31-19-5-3-2-4-6-19)25-11-13-26(14-12-25)22(28)17-7-9-18(10-8-17)27(29)30/h2-10,15H,11-14H2,1H3. The zero-order chi connectivity index (χ0) is 21.8. The fourth-order valence-electron chi connectivity index (χ4n) is 3.40. The number of hydrogen-bond donors (Lipinski definition) is 0. The van der Waals surface area contributed by atoms with Gasteiger partial charge in [0.05, 0.1) is 4.92 Å². The highest BCUT2D eigenvalue weighted by atomic mass is 16.6. The molecule has 0 unspecified atom stereocenters. The molecule has 9 nitrogen and oxygen atoms in total. The van der Waals surface area contributed by atoms with Gasteiger partial charge in [-0.25, -0.2) is 4.98 Å². The molecular formula is C22H21N5O4. The summed E-state index contributed by atoms with van der Waals surface area (Å²) in [7, 11) is 0. The van der Waals surface area contributed by atoms with E-state index in [9.17, 15) is 14.9 Å². The molecular weight excluding hydrogens is 398 g/mol. The number of carbonyl (C=O) groups excluding carboxylic acids is 1. The molecule has 1 aromatic heterocycles. The van der Waals surface area contributed by atoms with E-state index in [2.05, 4.69) is 14.9 Å². The fourth-order valence-corrected chi connectivity index (χ4v) is 3.40.